The van der Waals surface area contributed by atoms with Gasteiger partial charge in [-0.1, -0.05) is 12.2 Å². The zero-order chi connectivity index (χ0) is 7.11. The van der Waals surface area contributed by atoms with Crippen molar-refractivity contribution in [1.82, 2.24) is 0 Å². The lowest BCUT2D eigenvalue weighted by molar-refractivity contribution is 0.687. The van der Waals surface area contributed by atoms with Crippen molar-refractivity contribution in [3.05, 3.63) is 24.1 Å². The van der Waals surface area contributed by atoms with Crippen LogP contribution in [0.2, 0.25) is 0 Å². The molecule has 0 bridgehead atoms. The van der Waals surface area contributed by atoms with E-state index in [1.807, 2.05) is 0 Å². The molecular weight excluding hydrogens is 152 g/mol. The summed E-state index contributed by atoms with van der Waals surface area (Å²) in [6.07, 6.45) is 3.42. The van der Waals surface area contributed by atoms with Gasteiger partial charge in [0, 0.05) is 22.3 Å². The van der Waals surface area contributed by atoms with E-state index < -0.39 is 10.8 Å². The molecule has 0 N–H and O–H groups in total. The lowest BCUT2D eigenvalue weighted by Gasteiger charge is -1.88. The van der Waals surface area contributed by atoms with Gasteiger partial charge in [-0.25, -0.2) is 0 Å². The smallest absolute Gasteiger partial charge is 0.0426 e. The van der Waals surface area contributed by atoms with Gasteiger partial charge in [-0.2, -0.15) is 12.6 Å². The summed E-state index contributed by atoms with van der Waals surface area (Å²) in [6.45, 7) is 3.47. The van der Waals surface area contributed by atoms with Crippen LogP contribution in [0.1, 0.15) is 0 Å². The maximum Gasteiger partial charge on any atom is 0.0426 e. The van der Waals surface area contributed by atoms with Crippen LogP contribution in [0.5, 0.6) is 0 Å². The third-order valence-corrected chi connectivity index (χ3v) is 2.07. The average molecular weight is 162 g/mol. The van der Waals surface area contributed by atoms with Gasteiger partial charge in [0.1, 0.15) is 0 Å². The van der Waals surface area contributed by atoms with Gasteiger partial charge in [0.15, 0.2) is 0 Å². The summed E-state index contributed by atoms with van der Waals surface area (Å²) in [7, 11) is -0.774. The molecule has 0 saturated heterocycles. The Morgan fingerprint density at radius 3 is 2.67 bits per heavy atom. The quantitative estimate of drug-likeness (QED) is 0.488. The average Bonchev–Trinajstić information content (AvgIpc) is 1.85. The highest BCUT2D eigenvalue weighted by atomic mass is 32.2. The molecule has 0 aliphatic heterocycles. The van der Waals surface area contributed by atoms with Gasteiger partial charge >= 0.3 is 0 Å². The van der Waals surface area contributed by atoms with Crippen LogP contribution in [0.15, 0.2) is 24.1 Å². The normalized spacial score (nSPS) is 13.9. The molecule has 0 aliphatic rings. The predicted octanol–water partition coefficient (Wildman–Crippen LogP) is 1.36. The molecule has 0 radical (unpaired) electrons. The van der Waals surface area contributed by atoms with Crippen molar-refractivity contribution in [1.29, 1.82) is 0 Å². The Balaban J connectivity index is 3.38. The van der Waals surface area contributed by atoms with Crippen molar-refractivity contribution in [3.8, 4) is 0 Å². The van der Waals surface area contributed by atoms with Crippen LogP contribution < -0.4 is 0 Å². The van der Waals surface area contributed by atoms with E-state index in [0.29, 0.717) is 11.5 Å². The van der Waals surface area contributed by atoms with Crippen LogP contribution in [-0.2, 0) is 10.8 Å². The first-order valence-corrected chi connectivity index (χ1v) is 4.56. The molecule has 0 aliphatic carbocycles. The first-order valence-electron chi connectivity index (χ1n) is 2.56. The molecule has 3 heteroatoms. The van der Waals surface area contributed by atoms with Crippen LogP contribution in [-0.4, -0.2) is 15.7 Å². The van der Waals surface area contributed by atoms with Gasteiger partial charge in [0.05, 0.1) is 0 Å². The minimum Gasteiger partial charge on any atom is -0.259 e. The molecule has 0 amide bonds. The first kappa shape index (κ1) is 8.98. The van der Waals surface area contributed by atoms with E-state index >= 15 is 0 Å². The van der Waals surface area contributed by atoms with Crippen molar-refractivity contribution >= 4 is 23.4 Å². The maximum absolute atomic E-state index is 10.8. The van der Waals surface area contributed by atoms with Crippen LogP contribution >= 0.6 is 12.6 Å². The highest BCUT2D eigenvalue weighted by molar-refractivity contribution is 7.85. The molecule has 1 nitrogen and oxygen atoms in total. The Bertz CT molecular complexity index is 129. The van der Waals surface area contributed by atoms with Crippen LogP contribution in [0, 0.1) is 0 Å². The summed E-state index contributed by atoms with van der Waals surface area (Å²) >= 11 is 3.82. The predicted molar refractivity (Wildman–Crippen MR) is 46.2 cm³/mol. The van der Waals surface area contributed by atoms with Gasteiger partial charge in [0.2, 0.25) is 0 Å². The molecule has 9 heavy (non-hydrogen) atoms. The minimum absolute atomic E-state index is 0.568. The van der Waals surface area contributed by atoms with Crippen molar-refractivity contribution in [3.63, 3.8) is 0 Å². The van der Waals surface area contributed by atoms with Crippen molar-refractivity contribution < 1.29 is 4.21 Å². The molecule has 0 saturated carbocycles. The topological polar surface area (TPSA) is 17.1 Å². The second-order valence-electron chi connectivity index (χ2n) is 1.45. The lowest BCUT2D eigenvalue weighted by atomic mass is 10.8. The molecule has 0 spiro atoms. The van der Waals surface area contributed by atoms with E-state index in [1.165, 1.54) is 0 Å². The maximum atomic E-state index is 10.8. The lowest BCUT2D eigenvalue weighted by Crippen LogP contribution is -1.96. The monoisotopic (exact) mass is 162 g/mol. The molecule has 0 aromatic carbocycles. The molecule has 0 heterocycles. The minimum atomic E-state index is -0.774. The van der Waals surface area contributed by atoms with Crippen LogP contribution in [0.4, 0.5) is 0 Å². The molecule has 0 aromatic rings. The third kappa shape index (κ3) is 5.86. The summed E-state index contributed by atoms with van der Waals surface area (Å²) in [6, 6.07) is 0. The number of thiol groups is 1. The molecule has 0 fully saturated rings. The zero-order valence-electron chi connectivity index (χ0n) is 5.12. The Morgan fingerprint density at radius 2 is 2.22 bits per heavy atom. The van der Waals surface area contributed by atoms with Gasteiger partial charge in [-0.3, -0.25) is 4.21 Å². The Hall–Kier alpha value is -0.0200. The fourth-order valence-corrected chi connectivity index (χ4v) is 1.31. The van der Waals surface area contributed by atoms with Gasteiger partial charge in [0.25, 0.3) is 0 Å². The number of hydrogen-bond acceptors (Lipinski definition) is 2. The van der Waals surface area contributed by atoms with Crippen molar-refractivity contribution in [2.45, 2.75) is 0 Å². The first-order chi connectivity index (χ1) is 4.31. The number of hydrogen-bond donors (Lipinski definition) is 1. The van der Waals surface area contributed by atoms with E-state index in [1.54, 1.807) is 17.6 Å². The van der Waals surface area contributed by atoms with E-state index in [-0.39, 0.29) is 0 Å². The summed E-state index contributed by atoms with van der Waals surface area (Å²) in [5.74, 6) is 1.15. The summed E-state index contributed by atoms with van der Waals surface area (Å²) < 4.78 is 10.8. The van der Waals surface area contributed by atoms with Crippen LogP contribution in [0.25, 0.3) is 0 Å². The van der Waals surface area contributed by atoms with Crippen molar-refractivity contribution in [2.24, 2.45) is 0 Å². The summed E-state index contributed by atoms with van der Waals surface area (Å²) in [5.41, 5.74) is 0. The number of rotatable bonds is 4. The Labute approximate surface area is 63.7 Å². The fourth-order valence-electron chi connectivity index (χ4n) is 0.350. The third-order valence-electron chi connectivity index (χ3n) is 0.691. The molecule has 1 unspecified atom stereocenters. The SMILES string of the molecule is C=CCS(=O)CC=CS. The summed E-state index contributed by atoms with van der Waals surface area (Å²) in [4.78, 5) is 0. The van der Waals surface area contributed by atoms with E-state index in [2.05, 4.69) is 19.2 Å². The van der Waals surface area contributed by atoms with Crippen molar-refractivity contribution in [2.75, 3.05) is 11.5 Å². The van der Waals surface area contributed by atoms with Gasteiger partial charge in [-0.05, 0) is 5.41 Å². The van der Waals surface area contributed by atoms with E-state index in [4.69, 9.17) is 0 Å². The van der Waals surface area contributed by atoms with E-state index in [9.17, 15) is 4.21 Å². The van der Waals surface area contributed by atoms with Gasteiger partial charge < -0.3 is 0 Å². The van der Waals surface area contributed by atoms with Crippen LogP contribution in [0.3, 0.4) is 0 Å². The second-order valence-corrected chi connectivity index (χ2v) is 3.29. The van der Waals surface area contributed by atoms with Gasteiger partial charge in [-0.15, -0.1) is 6.58 Å². The molecule has 0 rings (SSSR count). The molecule has 1 atom stereocenters. The summed E-state index contributed by atoms with van der Waals surface area (Å²) in [5, 5.41) is 1.60. The standard InChI is InChI=1S/C6H10OS2/c1-2-5-9(7)6-3-4-8/h2-4,8H,1,5-6H2. The fraction of sp³-hybridized carbons (Fsp3) is 0.333. The molecule has 52 valence electrons. The second kappa shape index (κ2) is 6.11. The highest BCUT2D eigenvalue weighted by Gasteiger charge is 1.89. The Morgan fingerprint density at radius 1 is 1.56 bits per heavy atom. The molecule has 0 aromatic heterocycles. The van der Waals surface area contributed by atoms with E-state index in [0.717, 1.165) is 0 Å². The largest absolute Gasteiger partial charge is 0.259 e. The molecular formula is C6H10OS2. The highest BCUT2D eigenvalue weighted by Crippen LogP contribution is 1.85. The Kier molecular flexibility index (Phi) is 6.09. The zero-order valence-corrected chi connectivity index (χ0v) is 6.83.